The predicted molar refractivity (Wildman–Crippen MR) is 80.1 cm³/mol. The van der Waals surface area contributed by atoms with Gasteiger partial charge in [-0.1, -0.05) is 20.8 Å². The number of hydrogen-bond acceptors (Lipinski definition) is 3. The van der Waals surface area contributed by atoms with E-state index in [1.54, 1.807) is 24.3 Å². The highest BCUT2D eigenvalue weighted by Gasteiger charge is 2.21. The van der Waals surface area contributed by atoms with E-state index in [2.05, 4.69) is 26.1 Å². The maximum absolute atomic E-state index is 12.0. The summed E-state index contributed by atoms with van der Waals surface area (Å²) < 4.78 is 0. The Labute approximate surface area is 121 Å². The number of amides is 1. The van der Waals surface area contributed by atoms with Gasteiger partial charge in [-0.05, 0) is 48.6 Å². The van der Waals surface area contributed by atoms with Crippen LogP contribution in [-0.2, 0) is 0 Å². The molecule has 4 heteroatoms. The van der Waals surface area contributed by atoms with Gasteiger partial charge in [-0.15, -0.1) is 0 Å². The van der Waals surface area contributed by atoms with Crippen molar-refractivity contribution in [1.29, 1.82) is 5.26 Å². The lowest BCUT2D eigenvalue weighted by molar-refractivity contribution is 0.0931. The first-order valence-corrected chi connectivity index (χ1v) is 6.86. The Kier molecular flexibility index (Phi) is 5.72. The number of nitriles is 1. The second-order valence-corrected chi connectivity index (χ2v) is 6.08. The van der Waals surface area contributed by atoms with Gasteiger partial charge in [0.15, 0.2) is 0 Å². The standard InChI is InChI=1S/C16H23N3O/c1-12(9-17)8-16(2,3)11-19-15(20)14-6-4-13(10-18)5-7-14/h4-7,12H,8-9,11,17H2,1-3H3,(H,19,20). The van der Waals surface area contributed by atoms with Crippen LogP contribution in [0, 0.1) is 22.7 Å². The van der Waals surface area contributed by atoms with Gasteiger partial charge in [0, 0.05) is 12.1 Å². The number of nitrogens with one attached hydrogen (secondary N) is 1. The number of carbonyl (C=O) groups is 1. The monoisotopic (exact) mass is 273 g/mol. The van der Waals surface area contributed by atoms with Gasteiger partial charge >= 0.3 is 0 Å². The minimum atomic E-state index is -0.108. The smallest absolute Gasteiger partial charge is 0.251 e. The lowest BCUT2D eigenvalue weighted by Gasteiger charge is -2.27. The predicted octanol–water partition coefficient (Wildman–Crippen LogP) is 2.30. The zero-order valence-corrected chi connectivity index (χ0v) is 12.4. The summed E-state index contributed by atoms with van der Waals surface area (Å²) in [6, 6.07) is 8.67. The highest BCUT2D eigenvalue weighted by atomic mass is 16.1. The molecule has 1 aromatic carbocycles. The molecule has 1 rings (SSSR count). The Hall–Kier alpha value is -1.86. The van der Waals surface area contributed by atoms with Gasteiger partial charge in [0.2, 0.25) is 0 Å². The molecule has 0 spiro atoms. The first-order chi connectivity index (χ1) is 9.38. The van der Waals surface area contributed by atoms with Crippen LogP contribution in [0.4, 0.5) is 0 Å². The lowest BCUT2D eigenvalue weighted by atomic mass is 9.83. The molecule has 1 aromatic rings. The van der Waals surface area contributed by atoms with Crippen LogP contribution < -0.4 is 11.1 Å². The van der Waals surface area contributed by atoms with Gasteiger partial charge in [-0.25, -0.2) is 0 Å². The fourth-order valence-corrected chi connectivity index (χ4v) is 2.22. The molecule has 3 N–H and O–H groups in total. The van der Waals surface area contributed by atoms with E-state index in [-0.39, 0.29) is 11.3 Å². The fraction of sp³-hybridized carbons (Fsp3) is 0.500. The molecule has 0 radical (unpaired) electrons. The summed E-state index contributed by atoms with van der Waals surface area (Å²) >= 11 is 0. The molecule has 0 aromatic heterocycles. The van der Waals surface area contributed by atoms with Crippen molar-refractivity contribution in [2.75, 3.05) is 13.1 Å². The normalized spacial score (nSPS) is 12.6. The molecule has 0 saturated heterocycles. The molecule has 1 unspecified atom stereocenters. The average Bonchev–Trinajstić information content (AvgIpc) is 2.44. The van der Waals surface area contributed by atoms with Crippen LogP contribution >= 0.6 is 0 Å². The SMILES string of the molecule is CC(CN)CC(C)(C)CNC(=O)c1ccc(C#N)cc1. The quantitative estimate of drug-likeness (QED) is 0.834. The van der Waals surface area contributed by atoms with Crippen molar-refractivity contribution in [2.24, 2.45) is 17.1 Å². The van der Waals surface area contributed by atoms with Crippen molar-refractivity contribution in [1.82, 2.24) is 5.32 Å². The second-order valence-electron chi connectivity index (χ2n) is 6.08. The second kappa shape index (κ2) is 7.06. The van der Waals surface area contributed by atoms with E-state index in [0.717, 1.165) is 6.42 Å². The minimum absolute atomic E-state index is 0.0149. The van der Waals surface area contributed by atoms with Gasteiger partial charge in [0.25, 0.3) is 5.91 Å². The van der Waals surface area contributed by atoms with Crippen molar-refractivity contribution < 1.29 is 4.79 Å². The third-order valence-corrected chi connectivity index (χ3v) is 3.31. The molecular weight excluding hydrogens is 250 g/mol. The van der Waals surface area contributed by atoms with E-state index in [4.69, 9.17) is 11.0 Å². The number of nitrogens with two attached hydrogens (primary N) is 1. The molecule has 0 aliphatic carbocycles. The van der Waals surface area contributed by atoms with Gasteiger partial charge in [0.05, 0.1) is 11.6 Å². The maximum atomic E-state index is 12.0. The van der Waals surface area contributed by atoms with E-state index in [1.807, 2.05) is 6.07 Å². The average molecular weight is 273 g/mol. The summed E-state index contributed by atoms with van der Waals surface area (Å²) in [6.07, 6.45) is 0.969. The minimum Gasteiger partial charge on any atom is -0.352 e. The summed E-state index contributed by atoms with van der Waals surface area (Å²) in [7, 11) is 0. The molecule has 1 amide bonds. The Bertz CT molecular complexity index is 485. The van der Waals surface area contributed by atoms with Crippen LogP contribution in [0.2, 0.25) is 0 Å². The largest absolute Gasteiger partial charge is 0.352 e. The van der Waals surface area contributed by atoms with E-state index in [1.165, 1.54) is 0 Å². The molecule has 0 aliphatic rings. The number of carbonyl (C=O) groups excluding carboxylic acids is 1. The molecule has 108 valence electrons. The number of rotatable bonds is 6. The van der Waals surface area contributed by atoms with Crippen molar-refractivity contribution >= 4 is 5.91 Å². The zero-order valence-electron chi connectivity index (χ0n) is 12.4. The fourth-order valence-electron chi connectivity index (χ4n) is 2.22. The Morgan fingerprint density at radius 2 is 2.00 bits per heavy atom. The van der Waals surface area contributed by atoms with Crippen LogP contribution in [0.5, 0.6) is 0 Å². The highest BCUT2D eigenvalue weighted by molar-refractivity contribution is 5.94. The molecule has 20 heavy (non-hydrogen) atoms. The van der Waals surface area contributed by atoms with Crippen LogP contribution in [0.25, 0.3) is 0 Å². The summed E-state index contributed by atoms with van der Waals surface area (Å²) in [4.78, 5) is 12.0. The summed E-state index contributed by atoms with van der Waals surface area (Å²) in [5.41, 5.74) is 6.78. The Morgan fingerprint density at radius 3 is 2.50 bits per heavy atom. The molecule has 0 saturated carbocycles. The number of benzene rings is 1. The number of nitrogens with zero attached hydrogens (tertiary/aromatic N) is 1. The van der Waals surface area contributed by atoms with Crippen molar-refractivity contribution in [3.8, 4) is 6.07 Å². The van der Waals surface area contributed by atoms with E-state index in [9.17, 15) is 4.79 Å². The highest BCUT2D eigenvalue weighted by Crippen LogP contribution is 2.24. The molecule has 0 fully saturated rings. The van der Waals surface area contributed by atoms with Crippen LogP contribution in [0.1, 0.15) is 43.1 Å². The molecule has 0 heterocycles. The van der Waals surface area contributed by atoms with E-state index in [0.29, 0.717) is 30.1 Å². The first-order valence-electron chi connectivity index (χ1n) is 6.86. The summed E-state index contributed by atoms with van der Waals surface area (Å²) in [5.74, 6) is 0.333. The van der Waals surface area contributed by atoms with Crippen molar-refractivity contribution in [3.63, 3.8) is 0 Å². The Morgan fingerprint density at radius 1 is 1.40 bits per heavy atom. The lowest BCUT2D eigenvalue weighted by Crippen LogP contribution is -2.35. The van der Waals surface area contributed by atoms with Gasteiger partial charge in [-0.2, -0.15) is 5.26 Å². The third kappa shape index (κ3) is 5.02. The molecule has 1 atom stereocenters. The summed E-state index contributed by atoms with van der Waals surface area (Å²) in [5, 5.41) is 11.7. The molecule has 0 bridgehead atoms. The maximum Gasteiger partial charge on any atom is 0.251 e. The van der Waals surface area contributed by atoms with Crippen LogP contribution in [-0.4, -0.2) is 19.0 Å². The molecule has 0 aliphatic heterocycles. The van der Waals surface area contributed by atoms with Crippen LogP contribution in [0.3, 0.4) is 0 Å². The van der Waals surface area contributed by atoms with E-state index >= 15 is 0 Å². The molecule has 4 nitrogen and oxygen atoms in total. The van der Waals surface area contributed by atoms with E-state index < -0.39 is 0 Å². The Balaban J connectivity index is 2.56. The molecular formula is C16H23N3O. The topological polar surface area (TPSA) is 78.9 Å². The van der Waals surface area contributed by atoms with Crippen molar-refractivity contribution in [3.05, 3.63) is 35.4 Å². The first kappa shape index (κ1) is 16.2. The van der Waals surface area contributed by atoms with Gasteiger partial charge < -0.3 is 11.1 Å². The third-order valence-electron chi connectivity index (χ3n) is 3.31. The van der Waals surface area contributed by atoms with Gasteiger partial charge in [0.1, 0.15) is 0 Å². The summed E-state index contributed by atoms with van der Waals surface area (Å²) in [6.45, 7) is 7.63. The zero-order chi connectivity index (χ0) is 15.2. The van der Waals surface area contributed by atoms with Crippen molar-refractivity contribution in [2.45, 2.75) is 27.2 Å². The van der Waals surface area contributed by atoms with Gasteiger partial charge in [-0.3, -0.25) is 4.79 Å². The van der Waals surface area contributed by atoms with Crippen LogP contribution in [0.15, 0.2) is 24.3 Å². The number of hydrogen-bond donors (Lipinski definition) is 2.